The summed E-state index contributed by atoms with van der Waals surface area (Å²) in [4.78, 5) is 32.3. The van der Waals surface area contributed by atoms with E-state index in [1.54, 1.807) is 12.3 Å². The number of morpholine rings is 1. The third-order valence-electron chi connectivity index (χ3n) is 4.72. The number of pyridine rings is 1. The molecule has 8 heteroatoms. The highest BCUT2D eigenvalue weighted by atomic mass is 32.1. The lowest BCUT2D eigenvalue weighted by molar-refractivity contribution is -0.906. The second kappa shape index (κ2) is 7.14. The molecule has 3 aromatic heterocycles. The van der Waals surface area contributed by atoms with Crippen LogP contribution in [0.1, 0.15) is 15.2 Å². The number of carbonyl (C=O) groups excluding carboxylic acids is 1. The van der Waals surface area contributed by atoms with Crippen LogP contribution in [-0.2, 0) is 4.74 Å². The smallest absolute Gasteiger partial charge is 0.266 e. The highest BCUT2D eigenvalue weighted by Gasteiger charge is 2.17. The van der Waals surface area contributed by atoms with Gasteiger partial charge in [0.05, 0.1) is 36.6 Å². The lowest BCUT2D eigenvalue weighted by atomic mass is 10.3. The van der Waals surface area contributed by atoms with Crippen molar-refractivity contribution in [2.45, 2.75) is 6.92 Å². The molecule has 7 nitrogen and oxygen atoms in total. The minimum Gasteiger partial charge on any atom is -0.370 e. The Balaban J connectivity index is 1.54. The second-order valence-electron chi connectivity index (χ2n) is 6.50. The van der Waals surface area contributed by atoms with Crippen LogP contribution < -0.4 is 15.8 Å². The maximum absolute atomic E-state index is 12.7. The fourth-order valence-electron chi connectivity index (χ4n) is 3.22. The number of carbonyl (C=O) groups is 1. The molecule has 136 valence electrons. The highest BCUT2D eigenvalue weighted by molar-refractivity contribution is 7.20. The van der Waals surface area contributed by atoms with E-state index in [2.05, 4.69) is 10.3 Å². The van der Waals surface area contributed by atoms with Crippen molar-refractivity contribution in [3.05, 3.63) is 45.2 Å². The van der Waals surface area contributed by atoms with Gasteiger partial charge in [0, 0.05) is 6.20 Å². The number of thiophene rings is 1. The molecule has 0 atom stereocenters. The molecule has 0 bridgehead atoms. The van der Waals surface area contributed by atoms with Crippen molar-refractivity contribution in [2.75, 3.05) is 39.4 Å². The van der Waals surface area contributed by atoms with E-state index >= 15 is 0 Å². The Morgan fingerprint density at radius 2 is 2.23 bits per heavy atom. The van der Waals surface area contributed by atoms with Gasteiger partial charge >= 0.3 is 0 Å². The summed E-state index contributed by atoms with van der Waals surface area (Å²) >= 11 is 1.27. The number of aryl methyl sites for hydroxylation is 1. The molecule has 0 aromatic carbocycles. The van der Waals surface area contributed by atoms with Crippen LogP contribution in [0.5, 0.6) is 0 Å². The molecule has 0 saturated carbocycles. The topological polar surface area (TPSA) is 77.1 Å². The van der Waals surface area contributed by atoms with Gasteiger partial charge in [-0.2, -0.15) is 0 Å². The molecule has 1 aliphatic rings. The molecular weight excluding hydrogens is 352 g/mol. The van der Waals surface area contributed by atoms with Crippen LogP contribution >= 0.6 is 11.3 Å². The van der Waals surface area contributed by atoms with Gasteiger partial charge in [-0.25, -0.2) is 4.98 Å². The SMILES string of the molecule is Cc1cccn2c(=O)c3cc(C(=O)NCC[NH+]4CCOCC4)sc3nc12. The van der Waals surface area contributed by atoms with Gasteiger partial charge in [-0.1, -0.05) is 6.07 Å². The van der Waals surface area contributed by atoms with Crippen molar-refractivity contribution in [1.29, 1.82) is 0 Å². The summed E-state index contributed by atoms with van der Waals surface area (Å²) in [5.74, 6) is -0.147. The average molecular weight is 373 g/mol. The predicted molar refractivity (Wildman–Crippen MR) is 100 cm³/mol. The average Bonchev–Trinajstić information content (AvgIpc) is 3.08. The monoisotopic (exact) mass is 373 g/mol. The summed E-state index contributed by atoms with van der Waals surface area (Å²) in [6.07, 6.45) is 1.71. The van der Waals surface area contributed by atoms with E-state index in [1.807, 2.05) is 19.1 Å². The Hall–Kier alpha value is -2.29. The first-order valence-electron chi connectivity index (χ1n) is 8.74. The summed E-state index contributed by atoms with van der Waals surface area (Å²) in [6, 6.07) is 5.40. The van der Waals surface area contributed by atoms with Crippen molar-refractivity contribution in [3.8, 4) is 0 Å². The van der Waals surface area contributed by atoms with Crippen LogP contribution in [0.2, 0.25) is 0 Å². The van der Waals surface area contributed by atoms with Crippen LogP contribution in [-0.4, -0.2) is 54.7 Å². The molecule has 3 aromatic rings. The van der Waals surface area contributed by atoms with E-state index in [0.29, 0.717) is 27.3 Å². The largest absolute Gasteiger partial charge is 0.370 e. The zero-order valence-corrected chi connectivity index (χ0v) is 15.4. The molecule has 4 rings (SSSR count). The molecule has 0 radical (unpaired) electrons. The van der Waals surface area contributed by atoms with E-state index in [1.165, 1.54) is 20.6 Å². The lowest BCUT2D eigenvalue weighted by Gasteiger charge is -2.23. The number of fused-ring (bicyclic) bond motifs is 2. The summed E-state index contributed by atoms with van der Waals surface area (Å²) in [7, 11) is 0. The third-order valence-corrected chi connectivity index (χ3v) is 5.75. The molecule has 1 aliphatic heterocycles. The fourth-order valence-corrected chi connectivity index (χ4v) is 4.16. The van der Waals surface area contributed by atoms with Crippen LogP contribution in [0.4, 0.5) is 0 Å². The van der Waals surface area contributed by atoms with Gasteiger partial charge in [-0.15, -0.1) is 11.3 Å². The van der Waals surface area contributed by atoms with Crippen LogP contribution in [0.15, 0.2) is 29.2 Å². The first-order chi connectivity index (χ1) is 12.6. The normalized spacial score (nSPS) is 15.6. The summed E-state index contributed by atoms with van der Waals surface area (Å²) in [5, 5.41) is 3.44. The fraction of sp³-hybridized carbons (Fsp3) is 0.389. The first-order valence-corrected chi connectivity index (χ1v) is 9.56. The Kier molecular flexibility index (Phi) is 4.71. The van der Waals surface area contributed by atoms with Crippen molar-refractivity contribution in [1.82, 2.24) is 14.7 Å². The molecule has 0 spiro atoms. The van der Waals surface area contributed by atoms with Crippen molar-refractivity contribution < 1.29 is 14.4 Å². The summed E-state index contributed by atoms with van der Waals surface area (Å²) < 4.78 is 6.87. The van der Waals surface area contributed by atoms with Crippen molar-refractivity contribution in [3.63, 3.8) is 0 Å². The molecule has 0 aliphatic carbocycles. The Morgan fingerprint density at radius 3 is 3.04 bits per heavy atom. The second-order valence-corrected chi connectivity index (χ2v) is 7.53. The number of aromatic nitrogens is 2. The number of nitrogens with zero attached hydrogens (tertiary/aromatic N) is 2. The Labute approximate surface area is 154 Å². The van der Waals surface area contributed by atoms with E-state index in [9.17, 15) is 9.59 Å². The minimum absolute atomic E-state index is 0.137. The highest BCUT2D eigenvalue weighted by Crippen LogP contribution is 2.22. The molecule has 1 fully saturated rings. The number of amides is 1. The predicted octanol–water partition coefficient (Wildman–Crippen LogP) is -0.137. The number of quaternary nitrogens is 1. The summed E-state index contributed by atoms with van der Waals surface area (Å²) in [5.41, 5.74) is 1.43. The standard InChI is InChI=1S/C18H20N4O3S/c1-12-3-2-5-22-15(12)20-17-13(18(22)24)11-14(26-17)16(23)19-4-6-21-7-9-25-10-8-21/h2-3,5,11H,4,6-10H2,1H3,(H,19,23)/p+1. The zero-order valence-electron chi connectivity index (χ0n) is 14.6. The van der Waals surface area contributed by atoms with Crippen LogP contribution in [0.25, 0.3) is 15.9 Å². The quantitative estimate of drug-likeness (QED) is 0.668. The van der Waals surface area contributed by atoms with E-state index in [0.717, 1.165) is 38.4 Å². The summed E-state index contributed by atoms with van der Waals surface area (Å²) in [6.45, 7) is 6.92. The van der Waals surface area contributed by atoms with Crippen LogP contribution in [0.3, 0.4) is 0 Å². The van der Waals surface area contributed by atoms with Gasteiger partial charge in [0.1, 0.15) is 23.6 Å². The Bertz CT molecular complexity index is 1020. The zero-order chi connectivity index (χ0) is 18.1. The van der Waals surface area contributed by atoms with Gasteiger partial charge in [0.2, 0.25) is 0 Å². The van der Waals surface area contributed by atoms with Gasteiger partial charge in [-0.3, -0.25) is 14.0 Å². The van der Waals surface area contributed by atoms with Crippen LogP contribution in [0, 0.1) is 6.92 Å². The number of rotatable bonds is 4. The molecule has 4 heterocycles. The number of nitrogens with one attached hydrogen (secondary N) is 2. The van der Waals surface area contributed by atoms with E-state index in [-0.39, 0.29) is 11.5 Å². The molecule has 2 N–H and O–H groups in total. The van der Waals surface area contributed by atoms with Crippen molar-refractivity contribution in [2.24, 2.45) is 0 Å². The van der Waals surface area contributed by atoms with Crippen molar-refractivity contribution >= 4 is 33.1 Å². The third kappa shape index (κ3) is 3.23. The number of hydrogen-bond acceptors (Lipinski definition) is 5. The first kappa shape index (κ1) is 17.1. The maximum atomic E-state index is 12.7. The van der Waals surface area contributed by atoms with Gasteiger partial charge < -0.3 is 15.0 Å². The molecular formula is C18H21N4O3S+. The van der Waals surface area contributed by atoms with Gasteiger partial charge in [-0.05, 0) is 24.6 Å². The molecule has 1 amide bonds. The molecule has 1 saturated heterocycles. The Morgan fingerprint density at radius 1 is 1.42 bits per heavy atom. The number of ether oxygens (including phenoxy) is 1. The molecule has 26 heavy (non-hydrogen) atoms. The van der Waals surface area contributed by atoms with Gasteiger partial charge in [0.15, 0.2) is 0 Å². The number of hydrogen-bond donors (Lipinski definition) is 2. The maximum Gasteiger partial charge on any atom is 0.266 e. The van der Waals surface area contributed by atoms with Gasteiger partial charge in [0.25, 0.3) is 11.5 Å². The van der Waals surface area contributed by atoms with E-state index < -0.39 is 0 Å². The lowest BCUT2D eigenvalue weighted by Crippen LogP contribution is -3.14. The molecule has 0 unspecified atom stereocenters. The van der Waals surface area contributed by atoms with E-state index in [4.69, 9.17) is 4.74 Å². The minimum atomic E-state index is -0.147.